The van der Waals surface area contributed by atoms with Crippen molar-refractivity contribution in [3.05, 3.63) is 35.4 Å². The van der Waals surface area contributed by atoms with Gasteiger partial charge in [0.2, 0.25) is 5.91 Å². The van der Waals surface area contributed by atoms with Crippen molar-refractivity contribution in [2.24, 2.45) is 11.3 Å². The van der Waals surface area contributed by atoms with Gasteiger partial charge in [0.1, 0.15) is 0 Å². The van der Waals surface area contributed by atoms with Crippen LogP contribution in [0.3, 0.4) is 0 Å². The summed E-state index contributed by atoms with van der Waals surface area (Å²) >= 11 is 0. The van der Waals surface area contributed by atoms with E-state index in [1.54, 1.807) is 0 Å². The van der Waals surface area contributed by atoms with Crippen molar-refractivity contribution in [1.29, 1.82) is 0 Å². The lowest BCUT2D eigenvalue weighted by Crippen LogP contribution is -2.47. The van der Waals surface area contributed by atoms with Crippen molar-refractivity contribution in [1.82, 2.24) is 4.90 Å². The summed E-state index contributed by atoms with van der Waals surface area (Å²) in [7, 11) is 0. The van der Waals surface area contributed by atoms with E-state index in [0.29, 0.717) is 13.1 Å². The maximum atomic E-state index is 13.0. The lowest BCUT2D eigenvalue weighted by Gasteiger charge is -2.37. The molecule has 4 nitrogen and oxygen atoms in total. The molecule has 1 heterocycles. The first-order chi connectivity index (χ1) is 10.8. The molecule has 1 amide bonds. The molecule has 1 N–H and O–H groups in total. The zero-order chi connectivity index (χ0) is 16.8. The van der Waals surface area contributed by atoms with Gasteiger partial charge in [-0.1, -0.05) is 29.8 Å². The number of benzene rings is 1. The van der Waals surface area contributed by atoms with Crippen LogP contribution in [0.15, 0.2) is 24.3 Å². The number of nitrogens with zero attached hydrogens (tertiary/aromatic N) is 1. The quantitative estimate of drug-likeness (QED) is 0.933. The molecule has 1 spiro atoms. The number of aryl methyl sites for hydroxylation is 1. The van der Waals surface area contributed by atoms with Crippen molar-refractivity contribution in [2.45, 2.75) is 45.4 Å². The van der Waals surface area contributed by atoms with E-state index in [2.05, 4.69) is 0 Å². The van der Waals surface area contributed by atoms with Gasteiger partial charge in [-0.05, 0) is 51.0 Å². The Labute approximate surface area is 137 Å². The van der Waals surface area contributed by atoms with Gasteiger partial charge in [0.25, 0.3) is 0 Å². The maximum Gasteiger partial charge on any atom is 0.307 e. The van der Waals surface area contributed by atoms with Crippen LogP contribution >= 0.6 is 0 Å². The minimum Gasteiger partial charge on any atom is -0.481 e. The number of hydrogen-bond acceptors (Lipinski definition) is 2. The van der Waals surface area contributed by atoms with Crippen LogP contribution in [0.5, 0.6) is 0 Å². The number of aliphatic carboxylic acids is 1. The van der Waals surface area contributed by atoms with Gasteiger partial charge in [-0.2, -0.15) is 0 Å². The fraction of sp³-hybridized carbons (Fsp3) is 0.579. The van der Waals surface area contributed by atoms with Crippen LogP contribution in [0.25, 0.3) is 0 Å². The van der Waals surface area contributed by atoms with Crippen LogP contribution in [0.1, 0.15) is 44.2 Å². The summed E-state index contributed by atoms with van der Waals surface area (Å²) in [5.41, 5.74) is 1.64. The predicted octanol–water partition coefficient (Wildman–Crippen LogP) is 2.99. The summed E-state index contributed by atoms with van der Waals surface area (Å²) in [6.45, 7) is 7.34. The molecular formula is C19H25NO3. The molecular weight excluding hydrogens is 290 g/mol. The Kier molecular flexibility index (Phi) is 3.74. The first-order valence-corrected chi connectivity index (χ1v) is 8.36. The minimum absolute atomic E-state index is 0.0311. The number of carbonyl (C=O) groups is 2. The molecule has 0 aromatic heterocycles. The zero-order valence-electron chi connectivity index (χ0n) is 14.1. The van der Waals surface area contributed by atoms with Crippen LogP contribution in [0, 0.1) is 18.3 Å². The lowest BCUT2D eigenvalue weighted by atomic mass is 9.81. The van der Waals surface area contributed by atoms with Gasteiger partial charge in [0.05, 0.1) is 11.3 Å². The number of hydrogen-bond donors (Lipinski definition) is 1. The van der Waals surface area contributed by atoms with Crippen LogP contribution in [-0.2, 0) is 15.0 Å². The predicted molar refractivity (Wildman–Crippen MR) is 88.2 cm³/mol. The number of amides is 1. The zero-order valence-corrected chi connectivity index (χ0v) is 14.1. The number of carboxylic acids is 1. The van der Waals surface area contributed by atoms with E-state index < -0.39 is 11.4 Å². The largest absolute Gasteiger partial charge is 0.481 e. The number of likely N-dealkylation sites (tertiary alicyclic amines) is 1. The molecule has 1 unspecified atom stereocenters. The molecule has 1 aliphatic carbocycles. The Hall–Kier alpha value is -1.84. The van der Waals surface area contributed by atoms with Crippen molar-refractivity contribution in [3.8, 4) is 0 Å². The number of piperidine rings is 1. The van der Waals surface area contributed by atoms with E-state index in [-0.39, 0.29) is 17.2 Å². The van der Waals surface area contributed by atoms with E-state index in [4.69, 9.17) is 5.11 Å². The topological polar surface area (TPSA) is 57.6 Å². The monoisotopic (exact) mass is 315 g/mol. The normalized spacial score (nSPS) is 22.9. The second-order valence-electron chi connectivity index (χ2n) is 7.74. The van der Waals surface area contributed by atoms with Gasteiger partial charge < -0.3 is 10.0 Å². The van der Waals surface area contributed by atoms with Gasteiger partial charge >= 0.3 is 5.97 Å². The van der Waals surface area contributed by atoms with E-state index >= 15 is 0 Å². The molecule has 124 valence electrons. The Morgan fingerprint density at radius 2 is 1.74 bits per heavy atom. The summed E-state index contributed by atoms with van der Waals surface area (Å²) in [6.07, 6.45) is 2.42. The molecule has 4 heteroatoms. The molecule has 1 saturated heterocycles. The van der Waals surface area contributed by atoms with Gasteiger partial charge in [0.15, 0.2) is 0 Å². The molecule has 1 saturated carbocycles. The van der Waals surface area contributed by atoms with Gasteiger partial charge in [-0.3, -0.25) is 9.59 Å². The lowest BCUT2D eigenvalue weighted by molar-refractivity contribution is -0.140. The first-order valence-electron chi connectivity index (χ1n) is 8.36. The van der Waals surface area contributed by atoms with Gasteiger partial charge in [0, 0.05) is 13.1 Å². The Balaban J connectivity index is 1.67. The molecule has 0 radical (unpaired) electrons. The fourth-order valence-corrected chi connectivity index (χ4v) is 3.89. The number of carboxylic acid groups (broad SMARTS) is 1. The molecule has 1 aliphatic heterocycles. The first kappa shape index (κ1) is 16.0. The highest BCUT2D eigenvalue weighted by atomic mass is 16.4. The highest BCUT2D eigenvalue weighted by Crippen LogP contribution is 2.59. The molecule has 23 heavy (non-hydrogen) atoms. The van der Waals surface area contributed by atoms with Gasteiger partial charge in [-0.15, -0.1) is 0 Å². The summed E-state index contributed by atoms with van der Waals surface area (Å²) in [6, 6.07) is 8.13. The van der Waals surface area contributed by atoms with E-state index in [1.165, 1.54) is 5.56 Å². The molecule has 2 aliphatic rings. The molecule has 3 rings (SSSR count). The minimum atomic E-state index is -0.676. The second-order valence-corrected chi connectivity index (χ2v) is 7.74. The van der Waals surface area contributed by atoms with Crippen LogP contribution in [0.2, 0.25) is 0 Å². The van der Waals surface area contributed by atoms with Crippen molar-refractivity contribution >= 4 is 11.9 Å². The Morgan fingerprint density at radius 3 is 2.22 bits per heavy atom. The van der Waals surface area contributed by atoms with Crippen LogP contribution in [-0.4, -0.2) is 35.0 Å². The van der Waals surface area contributed by atoms with Crippen LogP contribution < -0.4 is 0 Å². The smallest absolute Gasteiger partial charge is 0.307 e. The van der Waals surface area contributed by atoms with E-state index in [0.717, 1.165) is 24.8 Å². The molecule has 2 fully saturated rings. The van der Waals surface area contributed by atoms with Crippen molar-refractivity contribution in [2.75, 3.05) is 13.1 Å². The van der Waals surface area contributed by atoms with Crippen molar-refractivity contribution in [3.63, 3.8) is 0 Å². The van der Waals surface area contributed by atoms with E-state index in [1.807, 2.05) is 49.9 Å². The standard InChI is InChI=1S/C19H25NO3/c1-13-4-6-14(7-5-13)18(2,3)17(23)20-10-8-19(9-11-20)12-15(19)16(21)22/h4-7,15H,8-12H2,1-3H3,(H,21,22). The van der Waals surface area contributed by atoms with Gasteiger partial charge in [-0.25, -0.2) is 0 Å². The third kappa shape index (κ3) is 2.75. The Morgan fingerprint density at radius 1 is 1.17 bits per heavy atom. The highest BCUT2D eigenvalue weighted by molar-refractivity contribution is 5.87. The molecule has 1 atom stereocenters. The maximum absolute atomic E-state index is 13.0. The molecule has 0 bridgehead atoms. The molecule has 1 aromatic carbocycles. The summed E-state index contributed by atoms with van der Waals surface area (Å²) < 4.78 is 0. The summed E-state index contributed by atoms with van der Waals surface area (Å²) in [5, 5.41) is 9.17. The third-order valence-electron chi connectivity index (χ3n) is 5.84. The second kappa shape index (κ2) is 5.36. The van der Waals surface area contributed by atoms with E-state index in [9.17, 15) is 9.59 Å². The SMILES string of the molecule is Cc1ccc(C(C)(C)C(=O)N2CCC3(CC2)CC3C(=O)O)cc1. The number of carbonyl (C=O) groups excluding carboxylic acids is 1. The van der Waals surface area contributed by atoms with Crippen LogP contribution in [0.4, 0.5) is 0 Å². The Bertz CT molecular complexity index is 625. The summed E-state index contributed by atoms with van der Waals surface area (Å²) in [5.74, 6) is -0.724. The van der Waals surface area contributed by atoms with Crippen molar-refractivity contribution < 1.29 is 14.7 Å². The molecule has 1 aromatic rings. The third-order valence-corrected chi connectivity index (χ3v) is 5.84. The number of rotatable bonds is 3. The average Bonchev–Trinajstić information content (AvgIpc) is 3.22. The fourth-order valence-electron chi connectivity index (χ4n) is 3.89. The summed E-state index contributed by atoms with van der Waals surface area (Å²) in [4.78, 5) is 26.0. The highest BCUT2D eigenvalue weighted by Gasteiger charge is 2.59. The average molecular weight is 315 g/mol.